The van der Waals surface area contributed by atoms with Crippen LogP contribution in [0.2, 0.25) is 0 Å². The Kier molecular flexibility index (Phi) is 6.32. The Morgan fingerprint density at radius 2 is 1.70 bits per heavy atom. The van der Waals surface area contributed by atoms with E-state index in [0.29, 0.717) is 11.3 Å². The number of rotatable bonds is 5. The minimum absolute atomic E-state index is 0.0216. The molecule has 0 unspecified atom stereocenters. The summed E-state index contributed by atoms with van der Waals surface area (Å²) in [6.07, 6.45) is 5.74. The Morgan fingerprint density at radius 1 is 1.00 bits per heavy atom. The molecule has 152 valence electrons. The topological polar surface area (TPSA) is 93.5 Å². The predicted octanol–water partition coefficient (Wildman–Crippen LogP) is 3.76. The zero-order valence-corrected chi connectivity index (χ0v) is 17.0. The van der Waals surface area contributed by atoms with Crippen LogP contribution in [0.3, 0.4) is 0 Å². The number of benzene rings is 2. The number of aromatic nitrogens is 2. The molecule has 0 saturated heterocycles. The molecule has 0 aliphatic heterocycles. The van der Waals surface area contributed by atoms with Crippen molar-refractivity contribution in [1.82, 2.24) is 15.4 Å². The van der Waals surface area contributed by atoms with Crippen LogP contribution in [0.1, 0.15) is 52.7 Å². The van der Waals surface area contributed by atoms with E-state index in [1.165, 1.54) is 24.8 Å². The maximum atomic E-state index is 12.3. The second-order valence-corrected chi connectivity index (χ2v) is 7.58. The summed E-state index contributed by atoms with van der Waals surface area (Å²) in [4.78, 5) is 31.9. The van der Waals surface area contributed by atoms with Gasteiger partial charge in [0, 0.05) is 12.4 Å². The highest BCUT2D eigenvalue weighted by molar-refractivity contribution is 5.93. The van der Waals surface area contributed by atoms with Crippen LogP contribution in [0.5, 0.6) is 5.75 Å². The number of hydrazone groups is 1. The summed E-state index contributed by atoms with van der Waals surface area (Å²) in [5.74, 6) is -0.462. The Hall–Kier alpha value is -3.87. The normalized spacial score (nSPS) is 11.3. The van der Waals surface area contributed by atoms with Crippen molar-refractivity contribution in [2.24, 2.45) is 5.10 Å². The van der Waals surface area contributed by atoms with Crippen LogP contribution in [0.15, 0.2) is 72.2 Å². The Bertz CT molecular complexity index is 1040. The van der Waals surface area contributed by atoms with Gasteiger partial charge in [0.15, 0.2) is 0 Å². The second kappa shape index (κ2) is 9.09. The number of nitrogens with one attached hydrogen (secondary N) is 1. The minimum atomic E-state index is -0.456. The lowest BCUT2D eigenvalue weighted by Gasteiger charge is -2.18. The van der Waals surface area contributed by atoms with E-state index in [1.807, 2.05) is 12.1 Å². The first kappa shape index (κ1) is 20.9. The third-order valence-corrected chi connectivity index (χ3v) is 4.25. The molecule has 7 nitrogen and oxygen atoms in total. The van der Waals surface area contributed by atoms with Gasteiger partial charge in [0.25, 0.3) is 5.91 Å². The van der Waals surface area contributed by atoms with E-state index in [1.54, 1.807) is 36.4 Å². The van der Waals surface area contributed by atoms with Gasteiger partial charge in [0.1, 0.15) is 11.4 Å². The fourth-order valence-corrected chi connectivity index (χ4v) is 2.53. The zero-order chi connectivity index (χ0) is 21.6. The predicted molar refractivity (Wildman–Crippen MR) is 114 cm³/mol. The van der Waals surface area contributed by atoms with Gasteiger partial charge in [-0.2, -0.15) is 5.10 Å². The first-order chi connectivity index (χ1) is 14.3. The van der Waals surface area contributed by atoms with Crippen LogP contribution in [0.4, 0.5) is 0 Å². The molecular formula is C23H22N4O3. The molecule has 2 aromatic carbocycles. The van der Waals surface area contributed by atoms with Gasteiger partial charge in [-0.3, -0.25) is 9.78 Å². The van der Waals surface area contributed by atoms with Gasteiger partial charge in [-0.25, -0.2) is 15.2 Å². The number of hydrogen-bond donors (Lipinski definition) is 1. The summed E-state index contributed by atoms with van der Waals surface area (Å²) in [5.41, 5.74) is 4.93. The fourth-order valence-electron chi connectivity index (χ4n) is 2.53. The van der Waals surface area contributed by atoms with Gasteiger partial charge in [-0.1, -0.05) is 32.9 Å². The second-order valence-electron chi connectivity index (χ2n) is 7.58. The summed E-state index contributed by atoms with van der Waals surface area (Å²) in [5, 5.41) is 3.88. The molecule has 0 atom stereocenters. The van der Waals surface area contributed by atoms with Crippen LogP contribution < -0.4 is 10.2 Å². The molecule has 0 saturated carbocycles. The fraction of sp³-hybridized carbons (Fsp3) is 0.174. The van der Waals surface area contributed by atoms with Crippen molar-refractivity contribution in [3.63, 3.8) is 0 Å². The molecule has 0 fully saturated rings. The molecule has 0 aliphatic carbocycles. The lowest BCUT2D eigenvalue weighted by Crippen LogP contribution is -2.19. The monoisotopic (exact) mass is 402 g/mol. The maximum absolute atomic E-state index is 12.3. The van der Waals surface area contributed by atoms with Crippen molar-refractivity contribution in [3.05, 3.63) is 89.5 Å². The molecule has 0 aliphatic rings. The highest BCUT2D eigenvalue weighted by atomic mass is 16.5. The molecule has 0 radical (unpaired) electrons. The van der Waals surface area contributed by atoms with Gasteiger partial charge < -0.3 is 4.74 Å². The SMILES string of the molecule is CC(C)(C)c1ccc(C(=O)Oc2ccc(/C=N/NC(=O)c3cnccn3)cc2)cc1. The molecule has 1 amide bonds. The van der Waals surface area contributed by atoms with Gasteiger partial charge >= 0.3 is 5.97 Å². The molecule has 3 rings (SSSR count). The maximum Gasteiger partial charge on any atom is 0.343 e. The third-order valence-electron chi connectivity index (χ3n) is 4.25. The number of esters is 1. The third kappa shape index (κ3) is 5.57. The largest absolute Gasteiger partial charge is 0.423 e. The average Bonchev–Trinajstić information content (AvgIpc) is 2.75. The molecule has 0 bridgehead atoms. The zero-order valence-electron chi connectivity index (χ0n) is 17.0. The van der Waals surface area contributed by atoms with Crippen LogP contribution in [-0.2, 0) is 5.41 Å². The quantitative estimate of drug-likeness (QED) is 0.304. The number of nitrogens with zero attached hydrogens (tertiary/aromatic N) is 3. The molecule has 1 N–H and O–H groups in total. The lowest BCUT2D eigenvalue weighted by molar-refractivity contribution is 0.0734. The Morgan fingerprint density at radius 3 is 2.30 bits per heavy atom. The van der Waals surface area contributed by atoms with E-state index < -0.39 is 11.9 Å². The highest BCUT2D eigenvalue weighted by Crippen LogP contribution is 2.22. The number of amides is 1. The van der Waals surface area contributed by atoms with Crippen molar-refractivity contribution < 1.29 is 14.3 Å². The molecule has 1 heterocycles. The van der Waals surface area contributed by atoms with Crippen molar-refractivity contribution >= 4 is 18.1 Å². The molecule has 7 heteroatoms. The van der Waals surface area contributed by atoms with Crippen LogP contribution >= 0.6 is 0 Å². The van der Waals surface area contributed by atoms with Crippen molar-refractivity contribution in [1.29, 1.82) is 0 Å². The highest BCUT2D eigenvalue weighted by Gasteiger charge is 2.15. The van der Waals surface area contributed by atoms with E-state index in [-0.39, 0.29) is 11.1 Å². The smallest absolute Gasteiger partial charge is 0.343 e. The summed E-state index contributed by atoms with van der Waals surface area (Å²) in [6.45, 7) is 6.35. The van der Waals surface area contributed by atoms with Gasteiger partial charge in [-0.05, 0) is 52.9 Å². The van der Waals surface area contributed by atoms with E-state index in [4.69, 9.17) is 4.74 Å². The van der Waals surface area contributed by atoms with Gasteiger partial charge in [-0.15, -0.1) is 0 Å². The molecular weight excluding hydrogens is 380 g/mol. The van der Waals surface area contributed by atoms with Gasteiger partial charge in [0.05, 0.1) is 18.0 Å². The van der Waals surface area contributed by atoms with E-state index in [2.05, 4.69) is 41.3 Å². The van der Waals surface area contributed by atoms with Gasteiger partial charge in [0.2, 0.25) is 0 Å². The Balaban J connectivity index is 1.56. The van der Waals surface area contributed by atoms with E-state index in [9.17, 15) is 9.59 Å². The summed E-state index contributed by atoms with van der Waals surface area (Å²) >= 11 is 0. The Labute approximate surface area is 174 Å². The number of ether oxygens (including phenoxy) is 1. The first-order valence-electron chi connectivity index (χ1n) is 9.35. The number of hydrogen-bond acceptors (Lipinski definition) is 6. The molecule has 1 aromatic heterocycles. The molecule has 3 aromatic rings. The minimum Gasteiger partial charge on any atom is -0.423 e. The summed E-state index contributed by atoms with van der Waals surface area (Å²) in [7, 11) is 0. The lowest BCUT2D eigenvalue weighted by atomic mass is 9.87. The van der Waals surface area contributed by atoms with Crippen molar-refractivity contribution in [2.75, 3.05) is 0 Å². The number of carbonyl (C=O) groups is 2. The standard InChI is InChI=1S/C23H22N4O3/c1-23(2,3)18-8-6-17(7-9-18)22(29)30-19-10-4-16(5-11-19)14-26-27-21(28)20-15-24-12-13-25-20/h4-15H,1-3H3,(H,27,28)/b26-14+. The summed E-state index contributed by atoms with van der Waals surface area (Å²) in [6, 6.07) is 14.2. The molecule has 30 heavy (non-hydrogen) atoms. The van der Waals surface area contributed by atoms with Crippen LogP contribution in [0, 0.1) is 0 Å². The average molecular weight is 402 g/mol. The summed E-state index contributed by atoms with van der Waals surface area (Å²) < 4.78 is 5.41. The van der Waals surface area contributed by atoms with Crippen molar-refractivity contribution in [3.8, 4) is 5.75 Å². The van der Waals surface area contributed by atoms with Crippen LogP contribution in [0.25, 0.3) is 0 Å². The van der Waals surface area contributed by atoms with E-state index in [0.717, 1.165) is 11.1 Å². The van der Waals surface area contributed by atoms with Crippen LogP contribution in [-0.4, -0.2) is 28.1 Å². The molecule has 0 spiro atoms. The van der Waals surface area contributed by atoms with Crippen molar-refractivity contribution in [2.45, 2.75) is 26.2 Å². The number of carbonyl (C=O) groups excluding carboxylic acids is 2. The first-order valence-corrected chi connectivity index (χ1v) is 9.35. The van der Waals surface area contributed by atoms with E-state index >= 15 is 0 Å².